The van der Waals surface area contributed by atoms with E-state index in [1.165, 1.54) is 20.3 Å². The Hall–Kier alpha value is -2.33. The predicted molar refractivity (Wildman–Crippen MR) is 127 cm³/mol. The van der Waals surface area contributed by atoms with E-state index >= 15 is 0 Å². The van der Waals surface area contributed by atoms with E-state index in [1.54, 1.807) is 12.1 Å². The van der Waals surface area contributed by atoms with Crippen LogP contribution in [-0.2, 0) is 10.0 Å². The number of hydrogen-bond donors (Lipinski definition) is 1. The third-order valence-corrected chi connectivity index (χ3v) is 7.36. The molecule has 1 fully saturated rings. The minimum Gasteiger partial charge on any atom is -0.497 e. The predicted octanol–water partition coefficient (Wildman–Crippen LogP) is 2.04. The van der Waals surface area contributed by atoms with E-state index in [2.05, 4.69) is 45.8 Å². The Morgan fingerprint density at radius 2 is 1.66 bits per heavy atom. The Kier molecular flexibility index (Phi) is 8.00. The zero-order valence-corrected chi connectivity index (χ0v) is 20.4. The standard InChI is InChI=1S/C23H34N4O4S/c1-25(2)19-8-6-18(7-9-19)21(27-14-12-26(3)13-15-27)17-24-32(28,29)23-11-10-20(30-4)16-22(23)31-5/h6-11,16,21,24H,12-15,17H2,1-5H3. The lowest BCUT2D eigenvalue weighted by atomic mass is 10.0. The molecule has 0 bridgehead atoms. The lowest BCUT2D eigenvalue weighted by molar-refractivity contribution is 0.113. The first-order chi connectivity index (χ1) is 15.2. The van der Waals surface area contributed by atoms with Crippen LogP contribution in [-0.4, -0.2) is 86.3 Å². The molecule has 0 aliphatic carbocycles. The normalized spacial score (nSPS) is 16.5. The van der Waals surface area contributed by atoms with E-state index in [0.717, 1.165) is 37.4 Å². The number of ether oxygens (including phenoxy) is 2. The smallest absolute Gasteiger partial charge is 0.244 e. The third kappa shape index (κ3) is 5.72. The van der Waals surface area contributed by atoms with Crippen molar-refractivity contribution < 1.29 is 17.9 Å². The maximum atomic E-state index is 13.2. The highest BCUT2D eigenvalue weighted by molar-refractivity contribution is 7.89. The second kappa shape index (κ2) is 10.5. The van der Waals surface area contributed by atoms with Crippen molar-refractivity contribution in [1.29, 1.82) is 0 Å². The van der Waals surface area contributed by atoms with Gasteiger partial charge in [-0.05, 0) is 36.9 Å². The molecule has 1 atom stereocenters. The molecule has 32 heavy (non-hydrogen) atoms. The fraction of sp³-hybridized carbons (Fsp3) is 0.478. The molecule has 3 rings (SSSR count). The van der Waals surface area contributed by atoms with E-state index in [-0.39, 0.29) is 23.2 Å². The molecule has 176 valence electrons. The Morgan fingerprint density at radius 3 is 2.22 bits per heavy atom. The van der Waals surface area contributed by atoms with E-state index in [1.807, 2.05) is 19.0 Å². The maximum absolute atomic E-state index is 13.2. The van der Waals surface area contributed by atoms with Crippen LogP contribution in [0.15, 0.2) is 47.4 Å². The van der Waals surface area contributed by atoms with Crippen LogP contribution < -0.4 is 19.1 Å². The van der Waals surface area contributed by atoms with Crippen molar-refractivity contribution in [3.05, 3.63) is 48.0 Å². The summed E-state index contributed by atoms with van der Waals surface area (Å²) in [6.07, 6.45) is 0. The molecule has 1 aliphatic heterocycles. The lowest BCUT2D eigenvalue weighted by Crippen LogP contribution is -2.48. The Bertz CT molecular complexity index is 988. The summed E-state index contributed by atoms with van der Waals surface area (Å²) in [4.78, 5) is 6.78. The van der Waals surface area contributed by atoms with Gasteiger partial charge in [0.15, 0.2) is 0 Å². The zero-order valence-electron chi connectivity index (χ0n) is 19.5. The molecule has 0 spiro atoms. The highest BCUT2D eigenvalue weighted by atomic mass is 32.2. The summed E-state index contributed by atoms with van der Waals surface area (Å²) in [5.41, 5.74) is 2.19. The third-order valence-electron chi connectivity index (χ3n) is 5.90. The zero-order chi connectivity index (χ0) is 23.3. The summed E-state index contributed by atoms with van der Waals surface area (Å²) in [5.74, 6) is 0.792. The fourth-order valence-electron chi connectivity index (χ4n) is 3.85. The van der Waals surface area contributed by atoms with Gasteiger partial charge in [-0.25, -0.2) is 13.1 Å². The highest BCUT2D eigenvalue weighted by Gasteiger charge is 2.27. The number of sulfonamides is 1. The first kappa shape index (κ1) is 24.3. The molecule has 1 saturated heterocycles. The SMILES string of the molecule is COc1ccc(S(=O)(=O)NCC(c2ccc(N(C)C)cc2)N2CCN(C)CC2)c(OC)c1. The van der Waals surface area contributed by atoms with Crippen molar-refractivity contribution in [2.75, 3.05) is 73.0 Å². The second-order valence-electron chi connectivity index (χ2n) is 8.21. The molecule has 1 N–H and O–H groups in total. The average molecular weight is 463 g/mol. The Balaban J connectivity index is 1.84. The van der Waals surface area contributed by atoms with Gasteiger partial charge in [-0.2, -0.15) is 0 Å². The summed E-state index contributed by atoms with van der Waals surface area (Å²) in [7, 11) is 5.32. The van der Waals surface area contributed by atoms with Crippen molar-refractivity contribution in [1.82, 2.24) is 14.5 Å². The summed E-state index contributed by atoms with van der Waals surface area (Å²) in [6.45, 7) is 3.92. The molecule has 1 unspecified atom stereocenters. The molecular formula is C23H34N4O4S. The molecule has 1 heterocycles. The molecule has 8 nitrogen and oxygen atoms in total. The molecular weight excluding hydrogens is 428 g/mol. The molecule has 2 aromatic rings. The largest absolute Gasteiger partial charge is 0.497 e. The quantitative estimate of drug-likeness (QED) is 0.611. The van der Waals surface area contributed by atoms with Gasteiger partial charge < -0.3 is 19.3 Å². The van der Waals surface area contributed by atoms with Gasteiger partial charge in [0.05, 0.1) is 14.2 Å². The van der Waals surface area contributed by atoms with Gasteiger partial charge in [0.1, 0.15) is 16.4 Å². The van der Waals surface area contributed by atoms with E-state index < -0.39 is 10.0 Å². The Morgan fingerprint density at radius 1 is 1.00 bits per heavy atom. The summed E-state index contributed by atoms with van der Waals surface area (Å²) in [5, 5.41) is 0. The van der Waals surface area contributed by atoms with Crippen LogP contribution in [0.5, 0.6) is 11.5 Å². The highest BCUT2D eigenvalue weighted by Crippen LogP contribution is 2.29. The van der Waals surface area contributed by atoms with Crippen molar-refractivity contribution in [3.63, 3.8) is 0 Å². The second-order valence-corrected chi connectivity index (χ2v) is 9.95. The molecule has 1 aliphatic rings. The molecule has 0 amide bonds. The van der Waals surface area contributed by atoms with E-state index in [0.29, 0.717) is 5.75 Å². The Labute approximate surface area is 191 Å². The van der Waals surface area contributed by atoms with Gasteiger partial charge >= 0.3 is 0 Å². The number of methoxy groups -OCH3 is 2. The number of nitrogens with zero attached hydrogens (tertiary/aromatic N) is 3. The monoisotopic (exact) mass is 462 g/mol. The van der Waals surface area contributed by atoms with Crippen LogP contribution in [0.2, 0.25) is 0 Å². The van der Waals surface area contributed by atoms with Gasteiger partial charge in [-0.3, -0.25) is 4.90 Å². The lowest BCUT2D eigenvalue weighted by Gasteiger charge is -2.38. The molecule has 9 heteroatoms. The van der Waals surface area contributed by atoms with Gasteiger partial charge in [0, 0.05) is 64.6 Å². The van der Waals surface area contributed by atoms with Crippen molar-refractivity contribution in [3.8, 4) is 11.5 Å². The summed E-state index contributed by atoms with van der Waals surface area (Å²) in [6, 6.07) is 12.9. The molecule has 0 aromatic heterocycles. The van der Waals surface area contributed by atoms with Gasteiger partial charge in [0.25, 0.3) is 0 Å². The van der Waals surface area contributed by atoms with Crippen LogP contribution >= 0.6 is 0 Å². The van der Waals surface area contributed by atoms with Crippen LogP contribution in [0, 0.1) is 0 Å². The van der Waals surface area contributed by atoms with E-state index in [9.17, 15) is 8.42 Å². The number of benzene rings is 2. The van der Waals surface area contributed by atoms with Crippen LogP contribution in [0.25, 0.3) is 0 Å². The maximum Gasteiger partial charge on any atom is 0.244 e. The first-order valence-electron chi connectivity index (χ1n) is 10.7. The van der Waals surface area contributed by atoms with Gasteiger partial charge in [-0.1, -0.05) is 12.1 Å². The van der Waals surface area contributed by atoms with Gasteiger partial charge in [-0.15, -0.1) is 0 Å². The average Bonchev–Trinajstić information content (AvgIpc) is 2.80. The van der Waals surface area contributed by atoms with Crippen LogP contribution in [0.4, 0.5) is 5.69 Å². The van der Waals surface area contributed by atoms with Crippen LogP contribution in [0.1, 0.15) is 11.6 Å². The first-order valence-corrected chi connectivity index (χ1v) is 12.1. The van der Waals surface area contributed by atoms with Crippen LogP contribution in [0.3, 0.4) is 0 Å². The number of hydrogen-bond acceptors (Lipinski definition) is 7. The molecule has 2 aromatic carbocycles. The minimum absolute atomic E-state index is 0.0704. The minimum atomic E-state index is -3.78. The number of piperazine rings is 1. The van der Waals surface area contributed by atoms with Gasteiger partial charge in [0.2, 0.25) is 10.0 Å². The number of nitrogens with one attached hydrogen (secondary N) is 1. The number of anilines is 1. The van der Waals surface area contributed by atoms with Crippen molar-refractivity contribution >= 4 is 15.7 Å². The number of rotatable bonds is 9. The molecule has 0 saturated carbocycles. The van der Waals surface area contributed by atoms with Crippen molar-refractivity contribution in [2.24, 2.45) is 0 Å². The van der Waals surface area contributed by atoms with Crippen molar-refractivity contribution in [2.45, 2.75) is 10.9 Å². The molecule has 0 radical (unpaired) electrons. The van der Waals surface area contributed by atoms with E-state index in [4.69, 9.17) is 9.47 Å². The topological polar surface area (TPSA) is 74.4 Å². The summed E-state index contributed by atoms with van der Waals surface area (Å²) < 4.78 is 39.6. The fourth-order valence-corrected chi connectivity index (χ4v) is 5.04. The number of likely N-dealkylation sites (N-methyl/N-ethyl adjacent to an activating group) is 1. The summed E-state index contributed by atoms with van der Waals surface area (Å²) >= 11 is 0.